The van der Waals surface area contributed by atoms with Gasteiger partial charge in [0.2, 0.25) is 0 Å². The zero-order valence-corrected chi connectivity index (χ0v) is 14.9. The molecule has 0 spiro atoms. The highest BCUT2D eigenvalue weighted by molar-refractivity contribution is 7.98. The third-order valence-electron chi connectivity index (χ3n) is 4.96. The average Bonchev–Trinajstić information content (AvgIpc) is 3.45. The van der Waals surface area contributed by atoms with Crippen molar-refractivity contribution in [2.75, 3.05) is 11.4 Å². The molecule has 0 aromatic heterocycles. The van der Waals surface area contributed by atoms with Gasteiger partial charge in [0, 0.05) is 23.4 Å². The second-order valence-corrected chi connectivity index (χ2v) is 7.73. The Labute approximate surface area is 156 Å². The molecule has 1 N–H and O–H groups in total. The Morgan fingerprint density at radius 3 is 2.74 bits per heavy atom. The maximum Gasteiger partial charge on any atom is 0.408 e. The summed E-state index contributed by atoms with van der Waals surface area (Å²) in [5.41, 5.74) is 9.07. The summed E-state index contributed by atoms with van der Waals surface area (Å²) in [4.78, 5) is 8.79. The van der Waals surface area contributed by atoms with Gasteiger partial charge in [0.05, 0.1) is 10.6 Å². The van der Waals surface area contributed by atoms with E-state index in [1.165, 1.54) is 18.0 Å². The van der Waals surface area contributed by atoms with Gasteiger partial charge in [0.1, 0.15) is 23.4 Å². The Morgan fingerprint density at radius 1 is 1.30 bits per heavy atom. The molecule has 1 saturated carbocycles. The third kappa shape index (κ3) is 3.66. The van der Waals surface area contributed by atoms with E-state index >= 15 is 0 Å². The number of aliphatic imine (C=N–C) groups is 1. The minimum Gasteiger partial charge on any atom is -0.358 e. The van der Waals surface area contributed by atoms with Crippen molar-refractivity contribution in [1.29, 1.82) is 0 Å². The molecule has 3 aliphatic rings. The first-order valence-electron chi connectivity index (χ1n) is 8.59. The maximum absolute atomic E-state index is 14.1. The summed E-state index contributed by atoms with van der Waals surface area (Å²) in [7, 11) is 0. The van der Waals surface area contributed by atoms with Crippen LogP contribution >= 0.6 is 11.9 Å². The standard InChI is InChI=1S/C16H16F4N6S/c17-9-5-11(14-12(6-9)27-24-15(22-14)8-1-2-8)26-4-3-10(23-25-21)7-13(26)16(18,19)20/h5-6,8,10,13H,1-4,7H2,(H,22,24)/t10-,13-/m0/s1. The quantitative estimate of drug-likeness (QED) is 0.253. The summed E-state index contributed by atoms with van der Waals surface area (Å²) in [6.07, 6.45) is -2.65. The molecule has 1 saturated heterocycles. The zero-order chi connectivity index (χ0) is 19.2. The van der Waals surface area contributed by atoms with Crippen molar-refractivity contribution in [1.82, 2.24) is 4.72 Å². The number of benzene rings is 1. The van der Waals surface area contributed by atoms with Crippen LogP contribution in [0.5, 0.6) is 0 Å². The minimum atomic E-state index is -4.54. The first-order valence-corrected chi connectivity index (χ1v) is 9.41. The number of rotatable bonds is 3. The van der Waals surface area contributed by atoms with Crippen LogP contribution in [0.3, 0.4) is 0 Å². The van der Waals surface area contributed by atoms with Crippen LogP contribution in [0.1, 0.15) is 25.7 Å². The summed E-state index contributed by atoms with van der Waals surface area (Å²) in [5, 5.41) is 3.46. The highest BCUT2D eigenvalue weighted by atomic mass is 32.2. The van der Waals surface area contributed by atoms with Crippen LogP contribution in [0.2, 0.25) is 0 Å². The Morgan fingerprint density at radius 2 is 2.07 bits per heavy atom. The molecule has 0 radical (unpaired) electrons. The van der Waals surface area contributed by atoms with Crippen molar-refractivity contribution in [2.24, 2.45) is 16.0 Å². The predicted octanol–water partition coefficient (Wildman–Crippen LogP) is 5.09. The van der Waals surface area contributed by atoms with Crippen LogP contribution in [0.25, 0.3) is 10.4 Å². The van der Waals surface area contributed by atoms with E-state index in [0.29, 0.717) is 10.6 Å². The number of halogens is 4. The van der Waals surface area contributed by atoms with E-state index in [4.69, 9.17) is 5.53 Å². The Kier molecular flexibility index (Phi) is 4.59. The van der Waals surface area contributed by atoms with E-state index in [2.05, 4.69) is 19.7 Å². The Balaban J connectivity index is 1.76. The summed E-state index contributed by atoms with van der Waals surface area (Å²) < 4.78 is 58.3. The van der Waals surface area contributed by atoms with Crippen LogP contribution in [0, 0.1) is 11.7 Å². The smallest absolute Gasteiger partial charge is 0.358 e. The highest BCUT2D eigenvalue weighted by Gasteiger charge is 2.47. The molecule has 1 aliphatic carbocycles. The number of nitrogens with zero attached hydrogens (tertiary/aromatic N) is 5. The summed E-state index contributed by atoms with van der Waals surface area (Å²) >= 11 is 1.18. The van der Waals surface area contributed by atoms with E-state index in [0.717, 1.165) is 29.6 Å². The number of piperidine rings is 1. The molecular formula is C16H16F4N6S. The van der Waals surface area contributed by atoms with E-state index in [1.807, 2.05) is 0 Å². The second-order valence-electron chi connectivity index (χ2n) is 6.88. The first-order chi connectivity index (χ1) is 12.9. The van der Waals surface area contributed by atoms with Crippen molar-refractivity contribution in [3.05, 3.63) is 28.4 Å². The number of amidine groups is 1. The number of nitrogens with one attached hydrogen (secondary N) is 1. The molecular weight excluding hydrogens is 384 g/mol. The van der Waals surface area contributed by atoms with Crippen molar-refractivity contribution in [3.63, 3.8) is 0 Å². The maximum atomic E-state index is 14.1. The molecule has 2 heterocycles. The number of hydrogen-bond acceptors (Lipinski definition) is 5. The number of azide groups is 1. The monoisotopic (exact) mass is 400 g/mol. The lowest BCUT2D eigenvalue weighted by Crippen LogP contribution is -2.52. The predicted molar refractivity (Wildman–Crippen MR) is 94.6 cm³/mol. The third-order valence-corrected chi connectivity index (χ3v) is 5.80. The lowest BCUT2D eigenvalue weighted by molar-refractivity contribution is -0.153. The van der Waals surface area contributed by atoms with Crippen molar-refractivity contribution in [3.8, 4) is 0 Å². The topological polar surface area (TPSA) is 76.4 Å². The molecule has 0 amide bonds. The van der Waals surface area contributed by atoms with Crippen molar-refractivity contribution in [2.45, 2.75) is 48.8 Å². The molecule has 144 valence electrons. The fourth-order valence-corrected chi connectivity index (χ4v) is 4.32. The van der Waals surface area contributed by atoms with Gasteiger partial charge in [-0.15, -0.1) is 0 Å². The van der Waals surface area contributed by atoms with E-state index in [-0.39, 0.29) is 31.0 Å². The highest BCUT2D eigenvalue weighted by Crippen LogP contribution is 2.46. The summed E-state index contributed by atoms with van der Waals surface area (Å²) in [6.45, 7) is 0.0101. The summed E-state index contributed by atoms with van der Waals surface area (Å²) in [5.74, 6) is 0.409. The SMILES string of the molecule is [N-]=[N+]=N[C@H]1CCN(c2cc(F)cc3c2N=C(C2CC2)NS3)[C@H](C(F)(F)F)C1. The fraction of sp³-hybridized carbons (Fsp3) is 0.562. The Hall–Kier alpha value is -2.13. The molecule has 4 rings (SSSR count). The summed E-state index contributed by atoms with van der Waals surface area (Å²) in [6, 6.07) is -0.194. The number of fused-ring (bicyclic) bond motifs is 1. The van der Waals surface area contributed by atoms with E-state index < -0.39 is 24.1 Å². The molecule has 2 aliphatic heterocycles. The molecule has 2 fully saturated rings. The van der Waals surface area contributed by atoms with Crippen molar-refractivity contribution >= 4 is 29.2 Å². The fourth-order valence-electron chi connectivity index (χ4n) is 3.47. The van der Waals surface area contributed by atoms with Gasteiger partial charge in [-0.3, -0.25) is 0 Å². The number of alkyl halides is 3. The molecule has 2 atom stereocenters. The van der Waals surface area contributed by atoms with Crippen LogP contribution < -0.4 is 9.62 Å². The Bertz CT molecular complexity index is 831. The van der Waals surface area contributed by atoms with Gasteiger partial charge in [-0.25, -0.2) is 9.38 Å². The van der Waals surface area contributed by atoms with Gasteiger partial charge in [0.25, 0.3) is 0 Å². The molecule has 0 unspecified atom stereocenters. The largest absolute Gasteiger partial charge is 0.408 e. The number of hydrogen-bond donors (Lipinski definition) is 1. The molecule has 27 heavy (non-hydrogen) atoms. The molecule has 1 aromatic rings. The van der Waals surface area contributed by atoms with Crippen LogP contribution in [0.15, 0.2) is 27.1 Å². The molecule has 1 aromatic carbocycles. The van der Waals surface area contributed by atoms with E-state index in [9.17, 15) is 17.6 Å². The van der Waals surface area contributed by atoms with Gasteiger partial charge in [-0.1, -0.05) is 5.11 Å². The van der Waals surface area contributed by atoms with Gasteiger partial charge in [-0.2, -0.15) is 13.2 Å². The van der Waals surface area contributed by atoms with Gasteiger partial charge in [0.15, 0.2) is 0 Å². The molecule has 11 heteroatoms. The molecule has 0 bridgehead atoms. The minimum absolute atomic E-state index is 0.0101. The first kappa shape index (κ1) is 18.2. The van der Waals surface area contributed by atoms with Crippen molar-refractivity contribution < 1.29 is 17.6 Å². The van der Waals surface area contributed by atoms with Gasteiger partial charge >= 0.3 is 6.18 Å². The van der Waals surface area contributed by atoms with Gasteiger partial charge in [-0.05, 0) is 55.3 Å². The normalized spacial score (nSPS) is 25.2. The second kappa shape index (κ2) is 6.79. The lowest BCUT2D eigenvalue weighted by Gasteiger charge is -2.41. The number of anilines is 1. The van der Waals surface area contributed by atoms with Crippen LogP contribution in [0.4, 0.5) is 28.9 Å². The van der Waals surface area contributed by atoms with Gasteiger partial charge < -0.3 is 9.62 Å². The average molecular weight is 400 g/mol. The zero-order valence-electron chi connectivity index (χ0n) is 14.1. The van der Waals surface area contributed by atoms with Crippen LogP contribution in [-0.2, 0) is 0 Å². The molecule has 6 nitrogen and oxygen atoms in total. The van der Waals surface area contributed by atoms with Crippen LogP contribution in [-0.4, -0.2) is 30.6 Å². The lowest BCUT2D eigenvalue weighted by atomic mass is 9.96. The van der Waals surface area contributed by atoms with E-state index in [1.54, 1.807) is 0 Å².